The van der Waals surface area contributed by atoms with Gasteiger partial charge < -0.3 is 5.11 Å². The maximum atomic E-state index is 9.82. The Morgan fingerprint density at radius 1 is 0.853 bits per heavy atom. The number of benzene rings is 1. The molecule has 7 nitrogen and oxygen atoms in total. The van der Waals surface area contributed by atoms with Gasteiger partial charge >= 0.3 is 0 Å². The lowest BCUT2D eigenvalue weighted by Gasteiger charge is -2.25. The first-order valence-electron chi connectivity index (χ1n) is 12.1. The fraction of sp³-hybridized carbons (Fsp3) is 0.333. The first kappa shape index (κ1) is 19.9. The molecular weight excluding hydrogens is 424 g/mol. The molecule has 0 spiro atoms. The van der Waals surface area contributed by atoms with Crippen LogP contribution in [0.15, 0.2) is 67.5 Å². The van der Waals surface area contributed by atoms with Crippen LogP contribution in [0.4, 0.5) is 0 Å². The van der Waals surface area contributed by atoms with Crippen LogP contribution in [0.25, 0.3) is 27.8 Å². The monoisotopic (exact) mass is 450 g/mol. The number of aliphatic hydroxyl groups is 1. The fourth-order valence-electron chi connectivity index (χ4n) is 5.67. The Kier molecular flexibility index (Phi) is 4.36. The molecule has 0 saturated heterocycles. The van der Waals surface area contributed by atoms with Gasteiger partial charge in [0.1, 0.15) is 0 Å². The maximum Gasteiger partial charge on any atom is 0.233 e. The second-order valence-corrected chi connectivity index (χ2v) is 9.79. The van der Waals surface area contributed by atoms with E-state index in [0.717, 1.165) is 55.2 Å². The van der Waals surface area contributed by atoms with Crippen molar-refractivity contribution in [2.75, 3.05) is 0 Å². The molecule has 1 aromatic carbocycles. The Morgan fingerprint density at radius 2 is 1.65 bits per heavy atom. The van der Waals surface area contributed by atoms with Crippen LogP contribution in [0.3, 0.4) is 0 Å². The molecule has 0 atom stereocenters. The zero-order valence-corrected chi connectivity index (χ0v) is 18.9. The van der Waals surface area contributed by atoms with E-state index in [0.29, 0.717) is 11.8 Å². The lowest BCUT2D eigenvalue weighted by molar-refractivity contribution is 0.108. The van der Waals surface area contributed by atoms with Crippen molar-refractivity contribution in [2.45, 2.75) is 56.1 Å². The molecule has 4 heterocycles. The molecule has 5 aromatic rings. The average Bonchev–Trinajstić information content (AvgIpc) is 3.32. The lowest BCUT2D eigenvalue weighted by Crippen LogP contribution is -2.21. The van der Waals surface area contributed by atoms with Gasteiger partial charge in [0.25, 0.3) is 0 Å². The summed E-state index contributed by atoms with van der Waals surface area (Å²) in [6, 6.07) is 10.9. The quantitative estimate of drug-likeness (QED) is 0.429. The molecule has 7 rings (SSSR count). The molecule has 0 radical (unpaired) electrons. The molecule has 4 aromatic heterocycles. The van der Waals surface area contributed by atoms with Gasteiger partial charge in [-0.1, -0.05) is 24.3 Å². The summed E-state index contributed by atoms with van der Waals surface area (Å²) in [6.45, 7) is 0. The van der Waals surface area contributed by atoms with E-state index in [1.54, 1.807) is 0 Å². The van der Waals surface area contributed by atoms with Gasteiger partial charge in [-0.3, -0.25) is 14.1 Å². The van der Waals surface area contributed by atoms with Crippen LogP contribution in [-0.4, -0.2) is 40.3 Å². The standard InChI is InChI=1S/C27H26N6O/c34-22-8-6-21(7-9-22)33-17-20(14-31-33)19-13-29-26-30-15-24(32(26)16-19)27(10-11-27)23-5-1-3-18-4-2-12-28-25(18)23/h1-5,12-17,21-22,34H,6-11H2. The zero-order chi connectivity index (χ0) is 22.7. The van der Waals surface area contributed by atoms with E-state index in [1.165, 1.54) is 16.6 Å². The number of pyridine rings is 1. The summed E-state index contributed by atoms with van der Waals surface area (Å²) in [6.07, 6.45) is 17.5. The molecule has 7 heteroatoms. The number of imidazole rings is 1. The molecule has 2 aliphatic carbocycles. The fourth-order valence-corrected chi connectivity index (χ4v) is 5.67. The topological polar surface area (TPSA) is 81.1 Å². The largest absolute Gasteiger partial charge is 0.393 e. The van der Waals surface area contributed by atoms with Gasteiger partial charge in [-0.15, -0.1) is 0 Å². The Bertz CT molecular complexity index is 1500. The molecule has 2 fully saturated rings. The normalized spacial score (nSPS) is 21.8. The number of nitrogens with zero attached hydrogens (tertiary/aromatic N) is 6. The van der Waals surface area contributed by atoms with Crippen molar-refractivity contribution in [1.82, 2.24) is 29.1 Å². The van der Waals surface area contributed by atoms with Crippen molar-refractivity contribution in [2.24, 2.45) is 0 Å². The summed E-state index contributed by atoms with van der Waals surface area (Å²) >= 11 is 0. The summed E-state index contributed by atoms with van der Waals surface area (Å²) < 4.78 is 4.21. The van der Waals surface area contributed by atoms with E-state index in [-0.39, 0.29) is 11.5 Å². The Balaban J connectivity index is 1.28. The zero-order valence-electron chi connectivity index (χ0n) is 18.9. The van der Waals surface area contributed by atoms with Gasteiger partial charge in [0, 0.05) is 46.7 Å². The molecule has 0 unspecified atom stereocenters. The molecule has 0 amide bonds. The van der Waals surface area contributed by atoms with E-state index in [4.69, 9.17) is 4.98 Å². The predicted molar refractivity (Wildman–Crippen MR) is 129 cm³/mol. The average molecular weight is 451 g/mol. The van der Waals surface area contributed by atoms with E-state index in [9.17, 15) is 5.11 Å². The van der Waals surface area contributed by atoms with Gasteiger partial charge in [-0.05, 0) is 50.2 Å². The minimum atomic E-state index is -0.163. The molecule has 0 bridgehead atoms. The van der Waals surface area contributed by atoms with Crippen molar-refractivity contribution >= 4 is 16.7 Å². The highest BCUT2D eigenvalue weighted by Gasteiger charge is 2.49. The van der Waals surface area contributed by atoms with E-state index in [2.05, 4.69) is 60.8 Å². The van der Waals surface area contributed by atoms with E-state index in [1.807, 2.05) is 30.9 Å². The van der Waals surface area contributed by atoms with Crippen molar-refractivity contribution in [3.63, 3.8) is 0 Å². The predicted octanol–water partition coefficient (Wildman–Crippen LogP) is 4.70. The van der Waals surface area contributed by atoms with Gasteiger partial charge in [0.15, 0.2) is 0 Å². The number of para-hydroxylation sites is 1. The van der Waals surface area contributed by atoms with Gasteiger partial charge in [0.2, 0.25) is 5.78 Å². The number of fused-ring (bicyclic) bond motifs is 2. The van der Waals surface area contributed by atoms with Crippen LogP contribution >= 0.6 is 0 Å². The number of hydrogen-bond acceptors (Lipinski definition) is 5. The van der Waals surface area contributed by atoms with Crippen LogP contribution in [-0.2, 0) is 5.41 Å². The SMILES string of the molecule is OC1CCC(n2cc(-c3cnc4ncc(C5(c6cccc7cccnc67)CC5)n4c3)cn2)CC1. The number of aromatic nitrogens is 6. The molecule has 0 aliphatic heterocycles. The summed E-state index contributed by atoms with van der Waals surface area (Å²) in [5, 5.41) is 15.6. The number of hydrogen-bond donors (Lipinski definition) is 1. The van der Waals surface area contributed by atoms with Gasteiger partial charge in [0.05, 0.1) is 35.8 Å². The van der Waals surface area contributed by atoms with Crippen LogP contribution in [0.5, 0.6) is 0 Å². The van der Waals surface area contributed by atoms with Crippen LogP contribution < -0.4 is 0 Å². The summed E-state index contributed by atoms with van der Waals surface area (Å²) in [5.74, 6) is 0.715. The first-order valence-corrected chi connectivity index (χ1v) is 12.1. The van der Waals surface area contributed by atoms with Crippen LogP contribution in [0.1, 0.15) is 55.8 Å². The highest BCUT2D eigenvalue weighted by molar-refractivity contribution is 5.84. The second kappa shape index (κ2) is 7.46. The van der Waals surface area contributed by atoms with Crippen LogP contribution in [0, 0.1) is 0 Å². The maximum absolute atomic E-state index is 9.82. The lowest BCUT2D eigenvalue weighted by atomic mass is 9.90. The molecule has 170 valence electrons. The van der Waals surface area contributed by atoms with Crippen molar-refractivity contribution in [3.05, 3.63) is 78.8 Å². The minimum absolute atomic E-state index is 0.0826. The van der Waals surface area contributed by atoms with Crippen molar-refractivity contribution in [1.29, 1.82) is 0 Å². The Labute approximate surface area is 197 Å². The van der Waals surface area contributed by atoms with Crippen LogP contribution in [0.2, 0.25) is 0 Å². The third-order valence-electron chi connectivity index (χ3n) is 7.73. The molecule has 2 saturated carbocycles. The molecular formula is C27H26N6O. The molecule has 2 aliphatic rings. The third-order valence-corrected chi connectivity index (χ3v) is 7.73. The molecule has 34 heavy (non-hydrogen) atoms. The minimum Gasteiger partial charge on any atom is -0.393 e. The highest BCUT2D eigenvalue weighted by atomic mass is 16.3. The van der Waals surface area contributed by atoms with Crippen molar-refractivity contribution < 1.29 is 5.11 Å². The second-order valence-electron chi connectivity index (χ2n) is 9.79. The third kappa shape index (κ3) is 3.07. The van der Waals surface area contributed by atoms with Gasteiger partial charge in [-0.25, -0.2) is 9.97 Å². The smallest absolute Gasteiger partial charge is 0.233 e. The van der Waals surface area contributed by atoms with E-state index >= 15 is 0 Å². The molecule has 1 N–H and O–H groups in total. The number of aliphatic hydroxyl groups excluding tert-OH is 1. The summed E-state index contributed by atoms with van der Waals surface area (Å²) in [5.41, 5.74) is 5.51. The van der Waals surface area contributed by atoms with E-state index < -0.39 is 0 Å². The first-order chi connectivity index (χ1) is 16.7. The highest BCUT2D eigenvalue weighted by Crippen LogP contribution is 2.54. The summed E-state index contributed by atoms with van der Waals surface area (Å²) in [7, 11) is 0. The Morgan fingerprint density at radius 3 is 2.50 bits per heavy atom. The number of rotatable bonds is 4. The Hall–Kier alpha value is -3.58. The summed E-state index contributed by atoms with van der Waals surface area (Å²) in [4.78, 5) is 14.0. The van der Waals surface area contributed by atoms with Crippen molar-refractivity contribution in [3.8, 4) is 11.1 Å². The van der Waals surface area contributed by atoms with Gasteiger partial charge in [-0.2, -0.15) is 5.10 Å².